The Kier molecular flexibility index (Phi) is 8.62. The minimum Gasteiger partial charge on any atom is -0.328 e. The molecule has 18 heavy (non-hydrogen) atoms. The summed E-state index contributed by atoms with van der Waals surface area (Å²) in [6, 6.07) is 9.87. The van der Waals surface area contributed by atoms with E-state index in [1.807, 2.05) is 0 Å². The number of rotatable bonds is 3. The maximum atomic E-state index is 5.89. The van der Waals surface area contributed by atoms with Gasteiger partial charge in [0.15, 0.2) is 0 Å². The molecule has 1 fully saturated rings. The third-order valence-electron chi connectivity index (χ3n) is 3.49. The van der Waals surface area contributed by atoms with Gasteiger partial charge in [0.1, 0.15) is 0 Å². The summed E-state index contributed by atoms with van der Waals surface area (Å²) in [5.41, 5.74) is 8.59. The van der Waals surface area contributed by atoms with Gasteiger partial charge in [0.25, 0.3) is 0 Å². The molecule has 0 amide bonds. The van der Waals surface area contributed by atoms with Gasteiger partial charge in [-0.2, -0.15) is 0 Å². The van der Waals surface area contributed by atoms with Crippen LogP contribution in [0.1, 0.15) is 36.8 Å². The van der Waals surface area contributed by atoms with Gasteiger partial charge >= 0.3 is 0 Å². The monoisotopic (exact) mass is 290 g/mol. The molecule has 1 aromatic rings. The Balaban J connectivity index is 0.00000144. The second-order valence-corrected chi connectivity index (χ2v) is 4.98. The SMILES string of the molecule is Cc1ccc(CNC2CCC(N)CC2)cc1.Cl.Cl. The zero-order chi connectivity index (χ0) is 11.4. The van der Waals surface area contributed by atoms with Gasteiger partial charge in [-0.3, -0.25) is 0 Å². The van der Waals surface area contributed by atoms with Crippen LogP contribution in [0.4, 0.5) is 0 Å². The van der Waals surface area contributed by atoms with E-state index in [4.69, 9.17) is 5.73 Å². The van der Waals surface area contributed by atoms with E-state index >= 15 is 0 Å². The van der Waals surface area contributed by atoms with Gasteiger partial charge in [0.2, 0.25) is 0 Å². The Morgan fingerprint density at radius 2 is 1.61 bits per heavy atom. The fourth-order valence-electron chi connectivity index (χ4n) is 2.29. The van der Waals surface area contributed by atoms with E-state index in [9.17, 15) is 0 Å². The highest BCUT2D eigenvalue weighted by Crippen LogP contribution is 2.17. The van der Waals surface area contributed by atoms with Gasteiger partial charge in [-0.1, -0.05) is 29.8 Å². The number of nitrogens with two attached hydrogens (primary N) is 1. The summed E-state index contributed by atoms with van der Waals surface area (Å²) in [5, 5.41) is 3.62. The van der Waals surface area contributed by atoms with Crippen molar-refractivity contribution in [3.63, 3.8) is 0 Å². The highest BCUT2D eigenvalue weighted by molar-refractivity contribution is 5.85. The summed E-state index contributed by atoms with van der Waals surface area (Å²) in [4.78, 5) is 0. The minimum atomic E-state index is 0. The van der Waals surface area contributed by atoms with Crippen LogP contribution < -0.4 is 11.1 Å². The zero-order valence-corrected chi connectivity index (χ0v) is 12.5. The Bertz CT molecular complexity index is 319. The molecule has 2 rings (SSSR count). The maximum Gasteiger partial charge on any atom is 0.0208 e. The molecule has 2 nitrogen and oxygen atoms in total. The summed E-state index contributed by atoms with van der Waals surface area (Å²) in [5.74, 6) is 0. The molecule has 3 N–H and O–H groups in total. The Labute approximate surface area is 123 Å². The second kappa shape index (κ2) is 8.76. The number of halogens is 2. The van der Waals surface area contributed by atoms with Crippen molar-refractivity contribution in [2.75, 3.05) is 0 Å². The van der Waals surface area contributed by atoms with Crippen LogP contribution in [0.3, 0.4) is 0 Å². The number of hydrogen-bond donors (Lipinski definition) is 2. The predicted octanol–water partition coefficient (Wildman–Crippen LogP) is 3.20. The van der Waals surface area contributed by atoms with Crippen molar-refractivity contribution in [2.24, 2.45) is 5.73 Å². The van der Waals surface area contributed by atoms with Crippen molar-refractivity contribution in [2.45, 2.75) is 51.2 Å². The highest BCUT2D eigenvalue weighted by Gasteiger charge is 2.17. The fourth-order valence-corrected chi connectivity index (χ4v) is 2.29. The molecule has 1 aliphatic carbocycles. The van der Waals surface area contributed by atoms with Crippen LogP contribution in [0.2, 0.25) is 0 Å². The van der Waals surface area contributed by atoms with E-state index in [1.165, 1.54) is 36.8 Å². The number of hydrogen-bond acceptors (Lipinski definition) is 2. The first kappa shape index (κ1) is 17.7. The summed E-state index contributed by atoms with van der Waals surface area (Å²) in [7, 11) is 0. The molecule has 1 aliphatic rings. The third-order valence-corrected chi connectivity index (χ3v) is 3.49. The molecule has 0 bridgehead atoms. The van der Waals surface area contributed by atoms with E-state index in [0.29, 0.717) is 12.1 Å². The van der Waals surface area contributed by atoms with Crippen LogP contribution in [0.25, 0.3) is 0 Å². The van der Waals surface area contributed by atoms with E-state index < -0.39 is 0 Å². The lowest BCUT2D eigenvalue weighted by Crippen LogP contribution is -2.36. The van der Waals surface area contributed by atoms with E-state index in [1.54, 1.807) is 0 Å². The second-order valence-electron chi connectivity index (χ2n) is 4.98. The molecule has 0 radical (unpaired) electrons. The van der Waals surface area contributed by atoms with Crippen LogP contribution in [0, 0.1) is 6.92 Å². The molecule has 0 unspecified atom stereocenters. The first-order chi connectivity index (χ1) is 7.74. The highest BCUT2D eigenvalue weighted by atomic mass is 35.5. The lowest BCUT2D eigenvalue weighted by Gasteiger charge is -2.27. The summed E-state index contributed by atoms with van der Waals surface area (Å²) in [6.45, 7) is 3.11. The zero-order valence-electron chi connectivity index (χ0n) is 10.9. The van der Waals surface area contributed by atoms with E-state index in [2.05, 4.69) is 36.5 Å². The van der Waals surface area contributed by atoms with Gasteiger partial charge in [0.05, 0.1) is 0 Å². The Morgan fingerprint density at radius 3 is 2.17 bits per heavy atom. The molecular weight excluding hydrogens is 267 g/mol. The molecule has 104 valence electrons. The molecule has 1 saturated carbocycles. The van der Waals surface area contributed by atoms with Crippen LogP contribution in [-0.4, -0.2) is 12.1 Å². The normalized spacial score (nSPS) is 22.8. The smallest absolute Gasteiger partial charge is 0.0208 e. The maximum absolute atomic E-state index is 5.89. The molecule has 1 aromatic carbocycles. The molecule has 0 aromatic heterocycles. The summed E-state index contributed by atoms with van der Waals surface area (Å²) >= 11 is 0. The molecule has 0 spiro atoms. The van der Waals surface area contributed by atoms with Gasteiger partial charge in [-0.05, 0) is 38.2 Å². The van der Waals surface area contributed by atoms with Gasteiger partial charge < -0.3 is 11.1 Å². The Morgan fingerprint density at radius 1 is 1.06 bits per heavy atom. The van der Waals surface area contributed by atoms with Crippen molar-refractivity contribution in [3.05, 3.63) is 35.4 Å². The minimum absolute atomic E-state index is 0. The van der Waals surface area contributed by atoms with Crippen LogP contribution >= 0.6 is 24.8 Å². The molecule has 0 aliphatic heterocycles. The lowest BCUT2D eigenvalue weighted by atomic mass is 9.92. The van der Waals surface area contributed by atoms with Gasteiger partial charge in [-0.25, -0.2) is 0 Å². The van der Waals surface area contributed by atoms with Gasteiger partial charge in [0, 0.05) is 18.6 Å². The third kappa shape index (κ3) is 5.57. The van der Waals surface area contributed by atoms with Crippen molar-refractivity contribution in [1.82, 2.24) is 5.32 Å². The standard InChI is InChI=1S/C14H22N2.2ClH/c1-11-2-4-12(5-3-11)10-16-14-8-6-13(15)7-9-14;;/h2-5,13-14,16H,6-10,15H2,1H3;2*1H. The van der Waals surface area contributed by atoms with Crippen molar-refractivity contribution in [1.29, 1.82) is 0 Å². The summed E-state index contributed by atoms with van der Waals surface area (Å²) in [6.07, 6.45) is 4.80. The number of aryl methyl sites for hydroxylation is 1. The van der Waals surface area contributed by atoms with Crippen molar-refractivity contribution in [3.8, 4) is 0 Å². The molecule has 0 atom stereocenters. The average Bonchev–Trinajstić information content (AvgIpc) is 2.30. The van der Waals surface area contributed by atoms with Crippen LogP contribution in [0.5, 0.6) is 0 Å². The number of benzene rings is 1. The van der Waals surface area contributed by atoms with E-state index in [-0.39, 0.29) is 24.8 Å². The van der Waals surface area contributed by atoms with Crippen molar-refractivity contribution < 1.29 is 0 Å². The quantitative estimate of drug-likeness (QED) is 0.897. The Hall–Kier alpha value is -0.280. The van der Waals surface area contributed by atoms with Gasteiger partial charge in [-0.15, -0.1) is 24.8 Å². The molecule has 4 heteroatoms. The first-order valence-corrected chi connectivity index (χ1v) is 6.28. The summed E-state index contributed by atoms with van der Waals surface area (Å²) < 4.78 is 0. The van der Waals surface area contributed by atoms with Crippen LogP contribution in [-0.2, 0) is 6.54 Å². The topological polar surface area (TPSA) is 38.0 Å². The average molecular weight is 291 g/mol. The van der Waals surface area contributed by atoms with E-state index in [0.717, 1.165) is 6.54 Å². The first-order valence-electron chi connectivity index (χ1n) is 6.28. The van der Waals surface area contributed by atoms with Crippen LogP contribution in [0.15, 0.2) is 24.3 Å². The predicted molar refractivity (Wildman–Crippen MR) is 82.7 cm³/mol. The molecule has 0 heterocycles. The fraction of sp³-hybridized carbons (Fsp3) is 0.571. The number of nitrogens with one attached hydrogen (secondary N) is 1. The lowest BCUT2D eigenvalue weighted by molar-refractivity contribution is 0.342. The van der Waals surface area contributed by atoms with Crippen molar-refractivity contribution >= 4 is 24.8 Å². The largest absolute Gasteiger partial charge is 0.328 e. The molecule has 0 saturated heterocycles. The molecular formula is C14H24Cl2N2.